The molecule has 5 rings (SSSR count). The molecule has 0 unspecified atom stereocenters. The third-order valence-electron chi connectivity index (χ3n) is 5.24. The lowest BCUT2D eigenvalue weighted by Gasteiger charge is -2.40. The summed E-state index contributed by atoms with van der Waals surface area (Å²) in [6.07, 6.45) is 3.32. The topological polar surface area (TPSA) is 86.0 Å². The van der Waals surface area contributed by atoms with Crippen molar-refractivity contribution in [2.45, 2.75) is 25.8 Å². The van der Waals surface area contributed by atoms with E-state index in [0.29, 0.717) is 5.65 Å². The molecule has 1 saturated carbocycles. The Morgan fingerprint density at radius 1 is 1.13 bits per heavy atom. The molecule has 8 heteroatoms. The highest BCUT2D eigenvalue weighted by Crippen LogP contribution is 2.24. The minimum atomic E-state index is -1.18. The van der Waals surface area contributed by atoms with Crippen molar-refractivity contribution in [2.75, 3.05) is 39.0 Å². The lowest BCUT2D eigenvalue weighted by Crippen LogP contribution is -2.49. The summed E-state index contributed by atoms with van der Waals surface area (Å²) in [5.74, 6) is 0.842. The molecule has 0 bridgehead atoms. The molecule has 1 aromatic carbocycles. The van der Waals surface area contributed by atoms with Crippen molar-refractivity contribution in [2.24, 2.45) is 5.92 Å². The van der Waals surface area contributed by atoms with Crippen LogP contribution >= 0.6 is 0 Å². The molecule has 1 amide bonds. The number of benzene rings is 1. The lowest BCUT2D eigenvalue weighted by atomic mass is 9.98. The van der Waals surface area contributed by atoms with Gasteiger partial charge < -0.3 is 10.0 Å². The fourth-order valence-electron chi connectivity index (χ4n) is 3.75. The van der Waals surface area contributed by atoms with Gasteiger partial charge in [-0.3, -0.25) is 10.2 Å². The van der Waals surface area contributed by atoms with Gasteiger partial charge in [0, 0.05) is 31.7 Å². The summed E-state index contributed by atoms with van der Waals surface area (Å²) in [5.41, 5.74) is 3.75. The molecule has 0 spiro atoms. The Balaban J connectivity index is 0.000000710. The summed E-state index contributed by atoms with van der Waals surface area (Å²) in [7, 11) is 4.25. The standard InChI is InChI=1S/C20H24N6O2.C3H6/c1-24(2)10-15-12-25(13-15)11-14-6-8-16(9-7-14)17-4-3-5-18-21-19(22-20(27)28)23-26(17)18;1-2-3-1/h3-9,15H,10-13H2,1-2H3,(H,22,23)(H,27,28);1-3H2. The van der Waals surface area contributed by atoms with E-state index < -0.39 is 6.09 Å². The van der Waals surface area contributed by atoms with Gasteiger partial charge in [0.1, 0.15) is 0 Å². The predicted molar refractivity (Wildman–Crippen MR) is 121 cm³/mol. The average Bonchev–Trinajstić information content (AvgIpc) is 3.52. The number of aromatic nitrogens is 3. The summed E-state index contributed by atoms with van der Waals surface area (Å²) >= 11 is 0. The Bertz CT molecular complexity index is 1020. The molecular weight excluding hydrogens is 392 g/mol. The van der Waals surface area contributed by atoms with Crippen molar-refractivity contribution < 1.29 is 9.90 Å². The fourth-order valence-corrected chi connectivity index (χ4v) is 3.75. The number of likely N-dealkylation sites (tertiary alicyclic amines) is 1. The molecule has 2 fully saturated rings. The third-order valence-corrected chi connectivity index (χ3v) is 5.24. The van der Waals surface area contributed by atoms with Crippen molar-refractivity contribution in [3.8, 4) is 11.3 Å². The Hall–Kier alpha value is -2.97. The number of fused-ring (bicyclic) bond motifs is 1. The monoisotopic (exact) mass is 422 g/mol. The minimum Gasteiger partial charge on any atom is -0.465 e. The van der Waals surface area contributed by atoms with Crippen molar-refractivity contribution >= 4 is 17.7 Å². The van der Waals surface area contributed by atoms with Gasteiger partial charge in [0.2, 0.25) is 0 Å². The van der Waals surface area contributed by atoms with Gasteiger partial charge in [0.15, 0.2) is 5.65 Å². The number of anilines is 1. The molecule has 3 heterocycles. The van der Waals surface area contributed by atoms with E-state index >= 15 is 0 Å². The van der Waals surface area contributed by atoms with Gasteiger partial charge in [-0.05, 0) is 37.7 Å². The summed E-state index contributed by atoms with van der Waals surface area (Å²) in [6.45, 7) is 4.41. The zero-order valence-corrected chi connectivity index (χ0v) is 18.2. The number of pyridine rings is 1. The molecule has 1 aliphatic carbocycles. The summed E-state index contributed by atoms with van der Waals surface area (Å²) in [5, 5.41) is 15.3. The van der Waals surface area contributed by atoms with Crippen LogP contribution < -0.4 is 5.32 Å². The quantitative estimate of drug-likeness (QED) is 0.631. The molecule has 164 valence electrons. The van der Waals surface area contributed by atoms with Gasteiger partial charge in [-0.25, -0.2) is 9.31 Å². The number of carboxylic acid groups (broad SMARTS) is 1. The van der Waals surface area contributed by atoms with E-state index in [2.05, 4.69) is 63.6 Å². The molecule has 31 heavy (non-hydrogen) atoms. The number of amides is 1. The molecular formula is C23H30N6O2. The van der Waals surface area contributed by atoms with E-state index in [1.54, 1.807) is 10.6 Å². The summed E-state index contributed by atoms with van der Waals surface area (Å²) in [6, 6.07) is 14.1. The molecule has 1 aliphatic heterocycles. The van der Waals surface area contributed by atoms with E-state index in [9.17, 15) is 4.79 Å². The molecule has 8 nitrogen and oxygen atoms in total. The maximum atomic E-state index is 10.8. The smallest absolute Gasteiger partial charge is 0.411 e. The first-order valence-corrected chi connectivity index (χ1v) is 10.8. The molecule has 2 N–H and O–H groups in total. The first-order valence-electron chi connectivity index (χ1n) is 10.8. The molecule has 2 aromatic heterocycles. The Morgan fingerprint density at radius 2 is 1.84 bits per heavy atom. The first-order chi connectivity index (χ1) is 15.0. The Kier molecular flexibility index (Phi) is 6.48. The summed E-state index contributed by atoms with van der Waals surface area (Å²) < 4.78 is 1.65. The maximum absolute atomic E-state index is 10.8. The van der Waals surface area contributed by atoms with Crippen LogP contribution in [0, 0.1) is 5.92 Å². The molecule has 1 saturated heterocycles. The minimum absolute atomic E-state index is 0.0710. The Morgan fingerprint density at radius 3 is 2.45 bits per heavy atom. The van der Waals surface area contributed by atoms with Crippen molar-refractivity contribution in [1.82, 2.24) is 24.4 Å². The second-order valence-electron chi connectivity index (χ2n) is 8.63. The highest BCUT2D eigenvalue weighted by Gasteiger charge is 2.26. The van der Waals surface area contributed by atoms with Gasteiger partial charge in [-0.15, -0.1) is 5.10 Å². The third kappa shape index (κ3) is 5.80. The molecule has 2 aliphatic rings. The van der Waals surface area contributed by atoms with Crippen LogP contribution in [0.2, 0.25) is 0 Å². The number of carbonyl (C=O) groups is 1. The SMILES string of the molecule is C1CC1.CN(C)CC1CN(Cc2ccc(-c3cccc4nc(NC(=O)O)nn34)cc2)C1. The van der Waals surface area contributed by atoms with Gasteiger partial charge in [-0.2, -0.15) is 4.98 Å². The van der Waals surface area contributed by atoms with E-state index in [1.807, 2.05) is 12.1 Å². The number of nitrogens with zero attached hydrogens (tertiary/aromatic N) is 5. The van der Waals surface area contributed by atoms with Crippen LogP contribution in [0.5, 0.6) is 0 Å². The van der Waals surface area contributed by atoms with Gasteiger partial charge in [0.05, 0.1) is 5.69 Å². The van der Waals surface area contributed by atoms with Crippen molar-refractivity contribution in [3.63, 3.8) is 0 Å². The predicted octanol–water partition coefficient (Wildman–Crippen LogP) is 3.65. The largest absolute Gasteiger partial charge is 0.465 e. The second kappa shape index (κ2) is 9.45. The molecule has 3 aromatic rings. The lowest BCUT2D eigenvalue weighted by molar-refractivity contribution is 0.0730. The maximum Gasteiger partial charge on any atom is 0.411 e. The normalized spacial score (nSPS) is 16.0. The number of hydrogen-bond donors (Lipinski definition) is 2. The zero-order valence-electron chi connectivity index (χ0n) is 18.2. The van der Waals surface area contributed by atoms with Gasteiger partial charge in [-0.1, -0.05) is 49.6 Å². The van der Waals surface area contributed by atoms with Crippen LogP contribution in [0.4, 0.5) is 10.7 Å². The average molecular weight is 423 g/mol. The van der Waals surface area contributed by atoms with Crippen LogP contribution in [0.3, 0.4) is 0 Å². The van der Waals surface area contributed by atoms with Gasteiger partial charge in [0.25, 0.3) is 5.95 Å². The van der Waals surface area contributed by atoms with Crippen LogP contribution in [0.25, 0.3) is 16.9 Å². The van der Waals surface area contributed by atoms with E-state index in [0.717, 1.165) is 43.4 Å². The second-order valence-corrected chi connectivity index (χ2v) is 8.63. The first kappa shape index (κ1) is 21.3. The van der Waals surface area contributed by atoms with Crippen LogP contribution in [0.15, 0.2) is 42.5 Å². The van der Waals surface area contributed by atoms with Crippen molar-refractivity contribution in [3.05, 3.63) is 48.0 Å². The zero-order chi connectivity index (χ0) is 21.8. The number of hydrogen-bond acceptors (Lipinski definition) is 5. The number of rotatable bonds is 6. The van der Waals surface area contributed by atoms with Crippen LogP contribution in [-0.4, -0.2) is 69.3 Å². The Labute approximate surface area is 182 Å². The van der Waals surface area contributed by atoms with Crippen LogP contribution in [-0.2, 0) is 6.54 Å². The van der Waals surface area contributed by atoms with Crippen molar-refractivity contribution in [1.29, 1.82) is 0 Å². The summed E-state index contributed by atoms with van der Waals surface area (Å²) in [4.78, 5) is 19.7. The highest BCUT2D eigenvalue weighted by molar-refractivity contribution is 5.80. The highest BCUT2D eigenvalue weighted by atomic mass is 16.4. The van der Waals surface area contributed by atoms with Gasteiger partial charge >= 0.3 is 6.09 Å². The molecule has 0 atom stereocenters. The fraction of sp³-hybridized carbons (Fsp3) is 0.435. The number of nitrogens with one attached hydrogen (secondary N) is 1. The van der Waals surface area contributed by atoms with E-state index in [4.69, 9.17) is 5.11 Å². The van der Waals surface area contributed by atoms with E-state index in [-0.39, 0.29) is 5.95 Å². The van der Waals surface area contributed by atoms with E-state index in [1.165, 1.54) is 24.8 Å². The molecule has 0 radical (unpaired) electrons. The van der Waals surface area contributed by atoms with Crippen LogP contribution in [0.1, 0.15) is 24.8 Å².